The smallest absolute Gasteiger partial charge is 0.175 e. The van der Waals surface area contributed by atoms with Crippen molar-refractivity contribution in [2.24, 2.45) is 0 Å². The largest absolute Gasteiger partial charge is 0.486 e. The molecular formula is C16H14BrFO3. The van der Waals surface area contributed by atoms with Crippen molar-refractivity contribution in [1.29, 1.82) is 0 Å². The average Bonchev–Trinajstić information content (AvgIpc) is 2.49. The first-order valence-electron chi connectivity index (χ1n) is 6.59. The fourth-order valence-electron chi connectivity index (χ4n) is 2.37. The van der Waals surface area contributed by atoms with E-state index in [0.717, 1.165) is 5.56 Å². The van der Waals surface area contributed by atoms with Gasteiger partial charge in [-0.15, -0.1) is 0 Å². The summed E-state index contributed by atoms with van der Waals surface area (Å²) in [5.74, 6) is 0.846. The summed E-state index contributed by atoms with van der Waals surface area (Å²) >= 11 is 3.42. The predicted molar refractivity (Wildman–Crippen MR) is 80.3 cm³/mol. The van der Waals surface area contributed by atoms with Crippen molar-refractivity contribution < 1.29 is 19.0 Å². The fourth-order valence-corrected chi connectivity index (χ4v) is 2.95. The zero-order chi connectivity index (χ0) is 15.0. The summed E-state index contributed by atoms with van der Waals surface area (Å²) in [4.78, 5) is 0. The van der Waals surface area contributed by atoms with Crippen LogP contribution in [0.1, 0.15) is 22.8 Å². The van der Waals surface area contributed by atoms with E-state index in [2.05, 4.69) is 15.9 Å². The third-order valence-corrected chi connectivity index (χ3v) is 4.06. The van der Waals surface area contributed by atoms with Crippen LogP contribution in [0, 0.1) is 12.7 Å². The van der Waals surface area contributed by atoms with Crippen molar-refractivity contribution in [3.05, 3.63) is 57.3 Å². The van der Waals surface area contributed by atoms with Crippen molar-refractivity contribution in [2.75, 3.05) is 13.2 Å². The lowest BCUT2D eigenvalue weighted by molar-refractivity contribution is 0.168. The SMILES string of the molecule is Cc1ccc(F)cc1C(O)c1cc(Br)c2c(c1)OCCO2. The van der Waals surface area contributed by atoms with E-state index in [-0.39, 0.29) is 5.82 Å². The lowest BCUT2D eigenvalue weighted by atomic mass is 9.97. The van der Waals surface area contributed by atoms with Crippen LogP contribution < -0.4 is 9.47 Å². The van der Waals surface area contributed by atoms with Gasteiger partial charge in [-0.2, -0.15) is 0 Å². The van der Waals surface area contributed by atoms with Crippen LogP contribution in [0.2, 0.25) is 0 Å². The fraction of sp³-hybridized carbons (Fsp3) is 0.250. The van der Waals surface area contributed by atoms with Crippen LogP contribution >= 0.6 is 15.9 Å². The Kier molecular flexibility index (Phi) is 3.87. The maximum Gasteiger partial charge on any atom is 0.175 e. The Labute approximate surface area is 130 Å². The van der Waals surface area contributed by atoms with Crippen LogP contribution in [-0.4, -0.2) is 18.3 Å². The molecule has 1 aliphatic rings. The van der Waals surface area contributed by atoms with E-state index in [1.165, 1.54) is 12.1 Å². The molecule has 110 valence electrons. The van der Waals surface area contributed by atoms with Crippen molar-refractivity contribution in [3.63, 3.8) is 0 Å². The summed E-state index contributed by atoms with van der Waals surface area (Å²) in [5, 5.41) is 10.5. The molecule has 1 heterocycles. The molecule has 1 aliphatic heterocycles. The molecule has 0 saturated heterocycles. The van der Waals surface area contributed by atoms with E-state index in [9.17, 15) is 9.50 Å². The Morgan fingerprint density at radius 3 is 2.76 bits per heavy atom. The number of halogens is 2. The number of ether oxygens (including phenoxy) is 2. The standard InChI is InChI=1S/C16H14BrFO3/c1-9-2-3-11(18)8-12(9)15(19)10-6-13(17)16-14(7-10)20-4-5-21-16/h2-3,6-8,15,19H,4-5H2,1H3. The van der Waals surface area contributed by atoms with Crippen LogP contribution in [0.4, 0.5) is 4.39 Å². The third kappa shape index (κ3) is 2.76. The summed E-state index contributed by atoms with van der Waals surface area (Å²) in [6, 6.07) is 7.88. The number of rotatable bonds is 2. The van der Waals surface area contributed by atoms with Gasteiger partial charge in [0.2, 0.25) is 0 Å². The van der Waals surface area contributed by atoms with E-state index >= 15 is 0 Å². The highest BCUT2D eigenvalue weighted by Gasteiger charge is 2.21. The highest BCUT2D eigenvalue weighted by molar-refractivity contribution is 9.10. The van der Waals surface area contributed by atoms with Crippen LogP contribution in [0.25, 0.3) is 0 Å². The van der Waals surface area contributed by atoms with Gasteiger partial charge in [-0.3, -0.25) is 0 Å². The van der Waals surface area contributed by atoms with Crippen LogP contribution in [-0.2, 0) is 0 Å². The van der Waals surface area contributed by atoms with E-state index in [1.54, 1.807) is 18.2 Å². The number of benzene rings is 2. The van der Waals surface area contributed by atoms with Gasteiger partial charge in [0, 0.05) is 0 Å². The molecule has 1 unspecified atom stereocenters. The minimum Gasteiger partial charge on any atom is -0.486 e. The number of hydrogen-bond donors (Lipinski definition) is 1. The molecule has 0 aliphatic carbocycles. The van der Waals surface area contributed by atoms with Crippen molar-refractivity contribution in [3.8, 4) is 11.5 Å². The molecule has 2 aromatic rings. The number of fused-ring (bicyclic) bond motifs is 1. The molecule has 0 radical (unpaired) electrons. The van der Waals surface area contributed by atoms with Gasteiger partial charge in [0.1, 0.15) is 25.1 Å². The molecule has 5 heteroatoms. The molecule has 0 aromatic heterocycles. The maximum atomic E-state index is 13.4. The van der Waals surface area contributed by atoms with Gasteiger partial charge in [0.15, 0.2) is 11.5 Å². The van der Waals surface area contributed by atoms with Gasteiger partial charge in [-0.05, 0) is 63.8 Å². The van der Waals surface area contributed by atoms with Gasteiger partial charge < -0.3 is 14.6 Å². The first-order chi connectivity index (χ1) is 10.1. The quantitative estimate of drug-likeness (QED) is 0.894. The zero-order valence-electron chi connectivity index (χ0n) is 11.4. The van der Waals surface area contributed by atoms with Gasteiger partial charge in [-0.1, -0.05) is 6.07 Å². The van der Waals surface area contributed by atoms with Crippen molar-refractivity contribution in [2.45, 2.75) is 13.0 Å². The third-order valence-electron chi connectivity index (χ3n) is 3.47. The molecule has 0 bridgehead atoms. The molecule has 21 heavy (non-hydrogen) atoms. The predicted octanol–water partition coefficient (Wildman–Crippen LogP) is 3.75. The Hall–Kier alpha value is -1.59. The van der Waals surface area contributed by atoms with E-state index in [0.29, 0.717) is 40.3 Å². The lowest BCUT2D eigenvalue weighted by Crippen LogP contribution is -2.16. The normalized spacial score (nSPS) is 14.9. The van der Waals surface area contributed by atoms with Crippen molar-refractivity contribution >= 4 is 15.9 Å². The molecule has 0 spiro atoms. The van der Waals surface area contributed by atoms with Crippen LogP contribution in [0.5, 0.6) is 11.5 Å². The van der Waals surface area contributed by atoms with Gasteiger partial charge in [0.25, 0.3) is 0 Å². The molecule has 3 rings (SSSR count). The summed E-state index contributed by atoms with van der Waals surface area (Å²) in [5.41, 5.74) is 1.99. The minimum atomic E-state index is -0.923. The van der Waals surface area contributed by atoms with Gasteiger partial charge >= 0.3 is 0 Å². The molecular weight excluding hydrogens is 339 g/mol. The lowest BCUT2D eigenvalue weighted by Gasteiger charge is -2.22. The summed E-state index contributed by atoms with van der Waals surface area (Å²) in [6.07, 6.45) is -0.923. The van der Waals surface area contributed by atoms with Gasteiger partial charge in [-0.25, -0.2) is 4.39 Å². The summed E-state index contributed by atoms with van der Waals surface area (Å²) in [6.45, 7) is 2.81. The first-order valence-corrected chi connectivity index (χ1v) is 7.38. The Balaban J connectivity index is 2.03. The first kappa shape index (κ1) is 14.4. The number of hydrogen-bond acceptors (Lipinski definition) is 3. The highest BCUT2D eigenvalue weighted by atomic mass is 79.9. The Morgan fingerprint density at radius 2 is 1.95 bits per heavy atom. The van der Waals surface area contributed by atoms with Crippen LogP contribution in [0.3, 0.4) is 0 Å². The molecule has 0 fully saturated rings. The summed E-state index contributed by atoms with van der Waals surface area (Å²) in [7, 11) is 0. The zero-order valence-corrected chi connectivity index (χ0v) is 13.0. The monoisotopic (exact) mass is 352 g/mol. The Bertz CT molecular complexity index is 687. The van der Waals surface area contributed by atoms with E-state index in [1.807, 2.05) is 6.92 Å². The Morgan fingerprint density at radius 1 is 1.19 bits per heavy atom. The topological polar surface area (TPSA) is 38.7 Å². The molecule has 1 atom stereocenters. The number of aliphatic hydroxyl groups excluding tert-OH is 1. The number of aryl methyl sites for hydroxylation is 1. The van der Waals surface area contributed by atoms with E-state index in [4.69, 9.17) is 9.47 Å². The molecule has 0 amide bonds. The molecule has 2 aromatic carbocycles. The minimum absolute atomic E-state index is 0.369. The second-order valence-electron chi connectivity index (χ2n) is 4.93. The summed E-state index contributed by atoms with van der Waals surface area (Å²) < 4.78 is 25.2. The number of aliphatic hydroxyl groups is 1. The maximum absolute atomic E-state index is 13.4. The highest BCUT2D eigenvalue weighted by Crippen LogP contribution is 2.41. The molecule has 0 saturated carbocycles. The second-order valence-corrected chi connectivity index (χ2v) is 5.78. The molecule has 1 N–H and O–H groups in total. The molecule has 3 nitrogen and oxygen atoms in total. The second kappa shape index (κ2) is 5.66. The van der Waals surface area contributed by atoms with Gasteiger partial charge in [0.05, 0.1) is 4.47 Å². The van der Waals surface area contributed by atoms with E-state index < -0.39 is 6.10 Å². The average molecular weight is 353 g/mol. The van der Waals surface area contributed by atoms with Crippen LogP contribution in [0.15, 0.2) is 34.8 Å². The van der Waals surface area contributed by atoms with Crippen molar-refractivity contribution in [1.82, 2.24) is 0 Å².